The number of hydrogen-bond acceptors (Lipinski definition) is 4. The number of carbonyl (C=O) groups is 2. The number of aliphatic hydroxyl groups is 1. The summed E-state index contributed by atoms with van der Waals surface area (Å²) in [6, 6.07) is -0.163. The average Bonchev–Trinajstić information content (AvgIpc) is 2.26. The molecule has 2 rings (SSSR count). The van der Waals surface area contributed by atoms with Gasteiger partial charge in [-0.1, -0.05) is 0 Å². The summed E-state index contributed by atoms with van der Waals surface area (Å²) in [6.07, 6.45) is -0.329. The van der Waals surface area contributed by atoms with Crippen molar-refractivity contribution in [1.82, 2.24) is 9.80 Å². The fourth-order valence-electron chi connectivity index (χ4n) is 1.99. The number of amides is 2. The highest BCUT2D eigenvalue weighted by Crippen LogP contribution is 2.18. The fraction of sp³-hybridized carbons (Fsp3) is 0.800. The molecule has 2 aliphatic rings. The van der Waals surface area contributed by atoms with Crippen LogP contribution in [0.2, 0.25) is 0 Å². The summed E-state index contributed by atoms with van der Waals surface area (Å²) in [7, 11) is 0. The summed E-state index contributed by atoms with van der Waals surface area (Å²) in [5, 5.41) is 17.7. The normalized spacial score (nSPS) is 25.6. The monoisotopic (exact) mass is 244 g/mol. The molecule has 1 unspecified atom stereocenters. The first-order chi connectivity index (χ1) is 8.11. The van der Waals surface area contributed by atoms with Gasteiger partial charge in [-0.15, -0.1) is 0 Å². The van der Waals surface area contributed by atoms with Gasteiger partial charge in [-0.25, -0.2) is 4.79 Å². The molecule has 0 aromatic heterocycles. The molecule has 7 nitrogen and oxygen atoms in total. The minimum atomic E-state index is -0.857. The molecule has 2 N–H and O–H groups in total. The zero-order valence-corrected chi connectivity index (χ0v) is 9.41. The lowest BCUT2D eigenvalue weighted by Gasteiger charge is -2.42. The van der Waals surface area contributed by atoms with Crippen LogP contribution in [0, 0.1) is 5.92 Å². The van der Waals surface area contributed by atoms with E-state index in [1.807, 2.05) is 0 Å². The maximum atomic E-state index is 11.9. The molecule has 2 aliphatic heterocycles. The van der Waals surface area contributed by atoms with E-state index in [1.54, 1.807) is 4.90 Å². The lowest BCUT2D eigenvalue weighted by Crippen LogP contribution is -2.59. The highest BCUT2D eigenvalue weighted by atomic mass is 16.5. The van der Waals surface area contributed by atoms with Crippen LogP contribution in [0.25, 0.3) is 0 Å². The van der Waals surface area contributed by atoms with Crippen LogP contribution in [-0.2, 0) is 9.53 Å². The van der Waals surface area contributed by atoms with Crippen molar-refractivity contribution < 1.29 is 24.5 Å². The lowest BCUT2D eigenvalue weighted by molar-refractivity contribution is -0.146. The molecule has 2 amide bonds. The van der Waals surface area contributed by atoms with E-state index in [4.69, 9.17) is 14.9 Å². The van der Waals surface area contributed by atoms with Gasteiger partial charge in [-0.2, -0.15) is 0 Å². The van der Waals surface area contributed by atoms with Crippen molar-refractivity contribution >= 4 is 12.0 Å². The minimum absolute atomic E-state index is 0.110. The Morgan fingerprint density at radius 2 is 1.94 bits per heavy atom. The molecule has 0 aliphatic carbocycles. The highest BCUT2D eigenvalue weighted by molar-refractivity contribution is 5.80. The van der Waals surface area contributed by atoms with Crippen molar-refractivity contribution in [2.45, 2.75) is 6.10 Å². The number of aliphatic carboxylic acids is 1. The van der Waals surface area contributed by atoms with Gasteiger partial charge in [0, 0.05) is 19.6 Å². The van der Waals surface area contributed by atoms with Crippen molar-refractivity contribution in [3.8, 4) is 0 Å². The number of hydrogen-bond donors (Lipinski definition) is 2. The lowest BCUT2D eigenvalue weighted by atomic mass is 10.0. The van der Waals surface area contributed by atoms with Crippen molar-refractivity contribution in [2.75, 3.05) is 39.4 Å². The van der Waals surface area contributed by atoms with Crippen LogP contribution in [0.5, 0.6) is 0 Å². The second-order valence-corrected chi connectivity index (χ2v) is 4.34. The van der Waals surface area contributed by atoms with E-state index >= 15 is 0 Å². The van der Waals surface area contributed by atoms with E-state index in [0.717, 1.165) is 0 Å². The summed E-state index contributed by atoms with van der Waals surface area (Å²) < 4.78 is 5.24. The van der Waals surface area contributed by atoms with Gasteiger partial charge in [0.15, 0.2) is 0 Å². The first kappa shape index (κ1) is 12.1. The van der Waals surface area contributed by atoms with Gasteiger partial charge < -0.3 is 24.7 Å². The largest absolute Gasteiger partial charge is 0.481 e. The van der Waals surface area contributed by atoms with Crippen molar-refractivity contribution in [1.29, 1.82) is 0 Å². The molecule has 0 aromatic rings. The third-order valence-electron chi connectivity index (χ3n) is 3.11. The molecular weight excluding hydrogens is 228 g/mol. The molecule has 0 aromatic carbocycles. The Balaban J connectivity index is 1.82. The molecule has 96 valence electrons. The number of urea groups is 1. The van der Waals surface area contributed by atoms with Crippen LogP contribution in [0.1, 0.15) is 0 Å². The van der Waals surface area contributed by atoms with Gasteiger partial charge in [0.2, 0.25) is 0 Å². The molecule has 2 heterocycles. The SMILES string of the molecule is O=C(O)C1CN(C(=O)N2CCOC(CO)C2)C1. The molecule has 0 spiro atoms. The van der Waals surface area contributed by atoms with Gasteiger partial charge in [-0.3, -0.25) is 4.79 Å². The quantitative estimate of drug-likeness (QED) is 0.638. The third kappa shape index (κ3) is 2.50. The summed E-state index contributed by atoms with van der Waals surface area (Å²) in [5.41, 5.74) is 0. The summed E-state index contributed by atoms with van der Waals surface area (Å²) >= 11 is 0. The Bertz CT molecular complexity index is 316. The molecule has 2 fully saturated rings. The first-order valence-electron chi connectivity index (χ1n) is 5.61. The standard InChI is InChI=1S/C10H16N2O5/c13-6-8-5-11(1-2-17-8)10(16)12-3-7(4-12)9(14)15/h7-8,13H,1-6H2,(H,14,15). The Morgan fingerprint density at radius 3 is 2.53 bits per heavy atom. The molecule has 1 atom stereocenters. The first-order valence-corrected chi connectivity index (χ1v) is 5.61. The molecule has 0 radical (unpaired) electrons. The van der Waals surface area contributed by atoms with Crippen molar-refractivity contribution in [3.05, 3.63) is 0 Å². The number of aliphatic hydroxyl groups excluding tert-OH is 1. The second-order valence-electron chi connectivity index (χ2n) is 4.34. The van der Waals surface area contributed by atoms with Crippen LogP contribution >= 0.6 is 0 Å². The number of ether oxygens (including phenoxy) is 1. The molecule has 0 bridgehead atoms. The predicted molar refractivity (Wildman–Crippen MR) is 56.5 cm³/mol. The molecule has 2 saturated heterocycles. The maximum Gasteiger partial charge on any atom is 0.320 e. The summed E-state index contributed by atoms with van der Waals surface area (Å²) in [4.78, 5) is 25.7. The zero-order valence-electron chi connectivity index (χ0n) is 9.41. The van der Waals surface area contributed by atoms with Crippen LogP contribution in [0.3, 0.4) is 0 Å². The van der Waals surface area contributed by atoms with E-state index in [9.17, 15) is 9.59 Å². The van der Waals surface area contributed by atoms with Gasteiger partial charge in [0.1, 0.15) is 0 Å². The Labute approximate surface area is 98.6 Å². The second kappa shape index (κ2) is 4.89. The highest BCUT2D eigenvalue weighted by Gasteiger charge is 2.38. The third-order valence-corrected chi connectivity index (χ3v) is 3.11. The topological polar surface area (TPSA) is 90.3 Å². The van der Waals surface area contributed by atoms with Crippen molar-refractivity contribution in [3.63, 3.8) is 0 Å². The number of carbonyl (C=O) groups excluding carboxylic acids is 1. The molecule has 0 saturated carbocycles. The van der Waals surface area contributed by atoms with Gasteiger partial charge in [0.05, 0.1) is 31.8 Å². The molecular formula is C10H16N2O5. The number of carboxylic acids is 1. The van der Waals surface area contributed by atoms with Gasteiger partial charge >= 0.3 is 12.0 Å². The smallest absolute Gasteiger partial charge is 0.320 e. The maximum absolute atomic E-state index is 11.9. The van der Waals surface area contributed by atoms with Crippen LogP contribution in [0.15, 0.2) is 0 Å². The van der Waals surface area contributed by atoms with Crippen LogP contribution < -0.4 is 0 Å². The van der Waals surface area contributed by atoms with E-state index in [0.29, 0.717) is 19.7 Å². The molecule has 17 heavy (non-hydrogen) atoms. The summed E-state index contributed by atoms with van der Waals surface area (Å²) in [5.74, 6) is -1.29. The number of morpholine rings is 1. The number of nitrogens with zero attached hydrogens (tertiary/aromatic N) is 2. The Morgan fingerprint density at radius 1 is 1.24 bits per heavy atom. The molecule has 7 heteroatoms. The fourth-order valence-corrected chi connectivity index (χ4v) is 1.99. The van der Waals surface area contributed by atoms with Crippen LogP contribution in [-0.4, -0.2) is 77.5 Å². The van der Waals surface area contributed by atoms with Crippen molar-refractivity contribution in [2.24, 2.45) is 5.92 Å². The average molecular weight is 244 g/mol. The Hall–Kier alpha value is -1.34. The number of likely N-dealkylation sites (tertiary alicyclic amines) is 1. The number of rotatable bonds is 2. The van der Waals surface area contributed by atoms with E-state index in [1.165, 1.54) is 4.90 Å². The van der Waals surface area contributed by atoms with E-state index in [-0.39, 0.29) is 31.8 Å². The van der Waals surface area contributed by atoms with E-state index in [2.05, 4.69) is 0 Å². The minimum Gasteiger partial charge on any atom is -0.481 e. The summed E-state index contributed by atoms with van der Waals surface area (Å²) in [6.45, 7) is 1.70. The van der Waals surface area contributed by atoms with E-state index < -0.39 is 11.9 Å². The Kier molecular flexibility index (Phi) is 3.49. The number of carboxylic acid groups (broad SMARTS) is 1. The van der Waals surface area contributed by atoms with Gasteiger partial charge in [0.25, 0.3) is 0 Å². The van der Waals surface area contributed by atoms with Gasteiger partial charge in [-0.05, 0) is 0 Å². The van der Waals surface area contributed by atoms with Crippen LogP contribution in [0.4, 0.5) is 4.79 Å². The zero-order chi connectivity index (χ0) is 12.4. The predicted octanol–water partition coefficient (Wildman–Crippen LogP) is -1.18.